The van der Waals surface area contributed by atoms with Crippen molar-refractivity contribution in [3.8, 4) is 0 Å². The molecule has 1 atom stereocenters. The lowest BCUT2D eigenvalue weighted by molar-refractivity contribution is -0.126. The fourth-order valence-corrected chi connectivity index (χ4v) is 5.79. The van der Waals surface area contributed by atoms with Gasteiger partial charge in [-0.05, 0) is 31.9 Å². The molecule has 8 nitrogen and oxygen atoms in total. The number of halogens is 2. The Morgan fingerprint density at radius 3 is 2.50 bits per heavy atom. The molecule has 1 fully saturated rings. The van der Waals surface area contributed by atoms with Crippen LogP contribution >= 0.6 is 23.2 Å². The zero-order valence-corrected chi connectivity index (χ0v) is 17.6. The summed E-state index contributed by atoms with van der Waals surface area (Å²) in [6.45, 7) is 2.88. The van der Waals surface area contributed by atoms with Crippen LogP contribution in [-0.4, -0.2) is 52.5 Å². The third-order valence-electron chi connectivity index (χ3n) is 4.66. The highest BCUT2D eigenvalue weighted by Gasteiger charge is 2.34. The highest BCUT2D eigenvalue weighted by atomic mass is 35.5. The minimum Gasteiger partial charge on any atom is -0.352 e. The Labute approximate surface area is 173 Å². The molecule has 1 aromatic carbocycles. The van der Waals surface area contributed by atoms with Crippen molar-refractivity contribution < 1.29 is 13.2 Å². The van der Waals surface area contributed by atoms with Gasteiger partial charge in [-0.2, -0.15) is 9.40 Å². The third kappa shape index (κ3) is 4.65. The summed E-state index contributed by atoms with van der Waals surface area (Å²) in [4.78, 5) is 16.3. The maximum Gasteiger partial charge on any atom is 0.246 e. The van der Waals surface area contributed by atoms with E-state index in [0.29, 0.717) is 19.4 Å². The van der Waals surface area contributed by atoms with Crippen LogP contribution < -0.4 is 5.32 Å². The molecule has 2 aromatic rings. The van der Waals surface area contributed by atoms with Crippen molar-refractivity contribution in [2.45, 2.75) is 37.2 Å². The lowest BCUT2D eigenvalue weighted by Crippen LogP contribution is -2.45. The van der Waals surface area contributed by atoms with Crippen LogP contribution in [0.15, 0.2) is 35.7 Å². The van der Waals surface area contributed by atoms with Gasteiger partial charge >= 0.3 is 0 Å². The second-order valence-corrected chi connectivity index (χ2v) is 9.45. The fraction of sp³-hybridized carbons (Fsp3) is 0.471. The lowest BCUT2D eigenvalue weighted by atomic mass is 9.97. The highest BCUT2D eigenvalue weighted by molar-refractivity contribution is 7.89. The van der Waals surface area contributed by atoms with E-state index in [2.05, 4.69) is 15.4 Å². The van der Waals surface area contributed by atoms with Gasteiger partial charge in [-0.15, -0.1) is 0 Å². The summed E-state index contributed by atoms with van der Waals surface area (Å²) in [6, 6.07) is 4.48. The van der Waals surface area contributed by atoms with Gasteiger partial charge in [0.15, 0.2) is 0 Å². The predicted octanol–water partition coefficient (Wildman–Crippen LogP) is 2.19. The van der Waals surface area contributed by atoms with Crippen LogP contribution in [0.4, 0.5) is 0 Å². The quantitative estimate of drug-likeness (QED) is 0.734. The summed E-state index contributed by atoms with van der Waals surface area (Å²) in [5, 5.41) is 7.15. The Balaban J connectivity index is 1.58. The zero-order valence-electron chi connectivity index (χ0n) is 15.3. The SMILES string of the molecule is CC(Cn1cncn1)NC(=O)C1CCN(S(=O)(=O)c2c(Cl)cccc2Cl)CC1. The molecular weight excluding hydrogens is 425 g/mol. The predicted molar refractivity (Wildman–Crippen MR) is 106 cm³/mol. The molecule has 1 N–H and O–H groups in total. The Bertz CT molecular complexity index is 908. The van der Waals surface area contributed by atoms with Crippen LogP contribution in [0, 0.1) is 5.92 Å². The number of carbonyl (C=O) groups is 1. The number of nitrogens with zero attached hydrogens (tertiary/aromatic N) is 4. The molecule has 1 saturated heterocycles. The van der Waals surface area contributed by atoms with Gasteiger partial charge in [-0.3, -0.25) is 9.48 Å². The first-order chi connectivity index (χ1) is 13.3. The number of hydrogen-bond donors (Lipinski definition) is 1. The van der Waals surface area contributed by atoms with Crippen LogP contribution in [0.2, 0.25) is 10.0 Å². The molecule has 0 saturated carbocycles. The summed E-state index contributed by atoms with van der Waals surface area (Å²) in [5.41, 5.74) is 0. The van der Waals surface area contributed by atoms with E-state index in [9.17, 15) is 13.2 Å². The zero-order chi connectivity index (χ0) is 20.3. The Hall–Kier alpha value is -1.68. The number of aromatic nitrogens is 3. The van der Waals surface area contributed by atoms with Crippen molar-refractivity contribution in [2.24, 2.45) is 5.92 Å². The average molecular weight is 446 g/mol. The summed E-state index contributed by atoms with van der Waals surface area (Å²) >= 11 is 12.1. The highest BCUT2D eigenvalue weighted by Crippen LogP contribution is 2.33. The van der Waals surface area contributed by atoms with Crippen molar-refractivity contribution in [1.82, 2.24) is 24.4 Å². The molecule has 1 aliphatic rings. The van der Waals surface area contributed by atoms with Crippen LogP contribution in [0.3, 0.4) is 0 Å². The number of benzene rings is 1. The fourth-order valence-electron chi connectivity index (χ4n) is 3.23. The molecule has 0 aliphatic carbocycles. The minimum absolute atomic E-state index is 0.0808. The monoisotopic (exact) mass is 445 g/mol. The second kappa shape index (κ2) is 8.77. The summed E-state index contributed by atoms with van der Waals surface area (Å²) in [7, 11) is -3.81. The van der Waals surface area contributed by atoms with E-state index >= 15 is 0 Å². The van der Waals surface area contributed by atoms with Crippen LogP contribution in [-0.2, 0) is 21.4 Å². The van der Waals surface area contributed by atoms with Crippen molar-refractivity contribution in [3.05, 3.63) is 40.9 Å². The van der Waals surface area contributed by atoms with Crippen LogP contribution in [0.5, 0.6) is 0 Å². The molecular formula is C17H21Cl2N5O3S. The number of rotatable bonds is 6. The smallest absolute Gasteiger partial charge is 0.246 e. The van der Waals surface area contributed by atoms with Gasteiger partial charge in [-0.1, -0.05) is 29.3 Å². The largest absolute Gasteiger partial charge is 0.352 e. The second-order valence-electron chi connectivity index (χ2n) is 6.76. The first-order valence-corrected chi connectivity index (χ1v) is 11.1. The van der Waals surface area contributed by atoms with Gasteiger partial charge in [-0.25, -0.2) is 13.4 Å². The lowest BCUT2D eigenvalue weighted by Gasteiger charge is -2.31. The number of carbonyl (C=O) groups excluding carboxylic acids is 1. The molecule has 1 aromatic heterocycles. The number of piperidine rings is 1. The molecule has 0 bridgehead atoms. The van der Waals surface area contributed by atoms with Gasteiger partial charge < -0.3 is 5.32 Å². The number of amides is 1. The van der Waals surface area contributed by atoms with Gasteiger partial charge in [0.2, 0.25) is 15.9 Å². The molecule has 2 heterocycles. The number of hydrogen-bond acceptors (Lipinski definition) is 5. The van der Waals surface area contributed by atoms with E-state index in [1.165, 1.54) is 22.8 Å². The topological polar surface area (TPSA) is 97.2 Å². The molecule has 1 aliphatic heterocycles. The first-order valence-electron chi connectivity index (χ1n) is 8.86. The van der Waals surface area contributed by atoms with Gasteiger partial charge in [0, 0.05) is 25.0 Å². The summed E-state index contributed by atoms with van der Waals surface area (Å²) in [5.74, 6) is -0.327. The molecule has 1 unspecified atom stereocenters. The maximum atomic E-state index is 12.9. The van der Waals surface area contributed by atoms with Crippen LogP contribution in [0.25, 0.3) is 0 Å². The van der Waals surface area contributed by atoms with E-state index in [-0.39, 0.29) is 45.9 Å². The van der Waals surface area contributed by atoms with Gasteiger partial charge in [0.1, 0.15) is 17.6 Å². The standard InChI is InChI=1S/C17H21Cl2N5O3S/c1-12(9-23-11-20-10-21-23)22-17(25)13-5-7-24(8-6-13)28(26,27)16-14(18)3-2-4-15(16)19/h2-4,10-13H,5-9H2,1H3,(H,22,25). The summed E-state index contributed by atoms with van der Waals surface area (Å²) < 4.78 is 28.8. The minimum atomic E-state index is -3.81. The molecule has 1 amide bonds. The van der Waals surface area contributed by atoms with Crippen molar-refractivity contribution in [2.75, 3.05) is 13.1 Å². The summed E-state index contributed by atoms with van der Waals surface area (Å²) in [6.07, 6.45) is 3.90. The van der Waals surface area contributed by atoms with Crippen molar-refractivity contribution in [3.63, 3.8) is 0 Å². The molecule has 11 heteroatoms. The van der Waals surface area contributed by atoms with Gasteiger partial charge in [0.25, 0.3) is 0 Å². The Kier molecular flexibility index (Phi) is 6.59. The first kappa shape index (κ1) is 21.0. The Morgan fingerprint density at radius 2 is 1.93 bits per heavy atom. The van der Waals surface area contributed by atoms with Crippen molar-refractivity contribution in [1.29, 1.82) is 0 Å². The van der Waals surface area contributed by atoms with E-state index in [1.54, 1.807) is 17.1 Å². The number of sulfonamides is 1. The van der Waals surface area contributed by atoms with Crippen molar-refractivity contribution >= 4 is 39.1 Å². The molecule has 28 heavy (non-hydrogen) atoms. The van der Waals surface area contributed by atoms with Crippen LogP contribution in [0.1, 0.15) is 19.8 Å². The molecule has 0 radical (unpaired) electrons. The third-order valence-corrected chi connectivity index (χ3v) is 7.51. The van der Waals surface area contributed by atoms with E-state index in [0.717, 1.165) is 0 Å². The maximum absolute atomic E-state index is 12.9. The number of nitrogens with one attached hydrogen (secondary N) is 1. The van der Waals surface area contributed by atoms with E-state index < -0.39 is 10.0 Å². The molecule has 152 valence electrons. The Morgan fingerprint density at radius 1 is 1.29 bits per heavy atom. The normalized spacial score (nSPS) is 17.4. The molecule has 0 spiro atoms. The van der Waals surface area contributed by atoms with Gasteiger partial charge in [0.05, 0.1) is 16.6 Å². The van der Waals surface area contributed by atoms with E-state index in [4.69, 9.17) is 23.2 Å². The average Bonchev–Trinajstić information content (AvgIpc) is 3.14. The van der Waals surface area contributed by atoms with E-state index in [1.807, 2.05) is 6.92 Å². The molecule has 3 rings (SSSR count).